The summed E-state index contributed by atoms with van der Waals surface area (Å²) in [6.45, 7) is 7.31. The highest BCUT2D eigenvalue weighted by molar-refractivity contribution is 4.82. The lowest BCUT2D eigenvalue weighted by Crippen LogP contribution is -2.29. The van der Waals surface area contributed by atoms with E-state index in [1.807, 2.05) is 0 Å². The van der Waals surface area contributed by atoms with Crippen LogP contribution in [0.3, 0.4) is 0 Å². The Morgan fingerprint density at radius 3 is 2.11 bits per heavy atom. The number of nitrogens with zero attached hydrogens (tertiary/aromatic N) is 1. The van der Waals surface area contributed by atoms with E-state index in [4.69, 9.17) is 5.73 Å². The molecule has 0 aliphatic heterocycles. The van der Waals surface area contributed by atoms with Crippen molar-refractivity contribution in [3.8, 4) is 0 Å². The predicted octanol–water partition coefficient (Wildman–Crippen LogP) is 3.65. The van der Waals surface area contributed by atoms with E-state index < -0.39 is 0 Å². The molecule has 2 saturated carbocycles. The Bertz CT molecular complexity index is 213. The summed E-state index contributed by atoms with van der Waals surface area (Å²) in [5, 5.41) is 0. The van der Waals surface area contributed by atoms with Gasteiger partial charge in [-0.25, -0.2) is 0 Å². The van der Waals surface area contributed by atoms with Crippen LogP contribution in [-0.2, 0) is 0 Å². The third kappa shape index (κ3) is 6.76. The maximum absolute atomic E-state index is 5.73. The standard InChI is InChI=1S/C17H34N2/c1-2-4-15(10-11-18)5-3-12-19(13-16-6-7-16)14-17-8-9-17/h15-17H,2-14,18H2,1H3. The summed E-state index contributed by atoms with van der Waals surface area (Å²) in [7, 11) is 0. The normalized spacial score (nSPS) is 21.0. The molecule has 0 bridgehead atoms. The number of rotatable bonds is 12. The first-order valence-electron chi connectivity index (χ1n) is 8.74. The van der Waals surface area contributed by atoms with Gasteiger partial charge < -0.3 is 10.6 Å². The molecule has 112 valence electrons. The predicted molar refractivity (Wildman–Crippen MR) is 83.2 cm³/mol. The van der Waals surface area contributed by atoms with Crippen LogP contribution in [0.4, 0.5) is 0 Å². The maximum Gasteiger partial charge on any atom is 0.000978 e. The lowest BCUT2D eigenvalue weighted by atomic mass is 9.94. The number of hydrogen-bond donors (Lipinski definition) is 1. The van der Waals surface area contributed by atoms with Gasteiger partial charge in [-0.1, -0.05) is 19.8 Å². The molecule has 2 aliphatic carbocycles. The zero-order valence-electron chi connectivity index (χ0n) is 12.9. The van der Waals surface area contributed by atoms with E-state index in [2.05, 4.69) is 11.8 Å². The molecule has 2 fully saturated rings. The topological polar surface area (TPSA) is 29.3 Å². The van der Waals surface area contributed by atoms with E-state index in [-0.39, 0.29) is 0 Å². The minimum atomic E-state index is 0.874. The molecular formula is C17H34N2. The van der Waals surface area contributed by atoms with E-state index in [1.54, 1.807) is 0 Å². The fraction of sp³-hybridized carbons (Fsp3) is 1.00. The van der Waals surface area contributed by atoms with Crippen molar-refractivity contribution in [1.82, 2.24) is 4.90 Å². The molecule has 1 atom stereocenters. The second-order valence-electron chi connectivity index (χ2n) is 7.02. The van der Waals surface area contributed by atoms with Crippen LogP contribution in [0.5, 0.6) is 0 Å². The van der Waals surface area contributed by atoms with Crippen LogP contribution in [-0.4, -0.2) is 31.1 Å². The highest BCUT2D eigenvalue weighted by atomic mass is 15.1. The Morgan fingerprint density at radius 2 is 1.63 bits per heavy atom. The average molecular weight is 266 g/mol. The van der Waals surface area contributed by atoms with Gasteiger partial charge in [0.2, 0.25) is 0 Å². The van der Waals surface area contributed by atoms with Crippen LogP contribution in [0.1, 0.15) is 64.7 Å². The largest absolute Gasteiger partial charge is 0.330 e. The van der Waals surface area contributed by atoms with E-state index in [0.717, 1.165) is 24.3 Å². The van der Waals surface area contributed by atoms with Gasteiger partial charge in [0.25, 0.3) is 0 Å². The third-order valence-corrected chi connectivity index (χ3v) is 4.79. The summed E-state index contributed by atoms with van der Waals surface area (Å²) in [5.41, 5.74) is 5.73. The van der Waals surface area contributed by atoms with Gasteiger partial charge >= 0.3 is 0 Å². The third-order valence-electron chi connectivity index (χ3n) is 4.79. The molecule has 2 rings (SSSR count). The molecule has 0 heterocycles. The van der Waals surface area contributed by atoms with Crippen molar-refractivity contribution in [3.63, 3.8) is 0 Å². The minimum Gasteiger partial charge on any atom is -0.330 e. The van der Waals surface area contributed by atoms with E-state index in [1.165, 1.54) is 77.4 Å². The highest BCUT2D eigenvalue weighted by Gasteiger charge is 2.28. The monoisotopic (exact) mass is 266 g/mol. The Labute approximate surface area is 120 Å². The fourth-order valence-corrected chi connectivity index (χ4v) is 3.27. The molecule has 2 heteroatoms. The maximum atomic E-state index is 5.73. The van der Waals surface area contributed by atoms with Gasteiger partial charge in [0.1, 0.15) is 0 Å². The van der Waals surface area contributed by atoms with Crippen molar-refractivity contribution in [2.75, 3.05) is 26.2 Å². The summed E-state index contributed by atoms with van der Waals surface area (Å²) in [6.07, 6.45) is 12.7. The smallest absolute Gasteiger partial charge is 0.000978 e. The Hall–Kier alpha value is -0.0800. The first kappa shape index (κ1) is 15.3. The zero-order valence-corrected chi connectivity index (χ0v) is 12.9. The van der Waals surface area contributed by atoms with Gasteiger partial charge in [0.05, 0.1) is 0 Å². The summed E-state index contributed by atoms with van der Waals surface area (Å²) in [6, 6.07) is 0. The molecule has 0 amide bonds. The van der Waals surface area contributed by atoms with Crippen molar-refractivity contribution < 1.29 is 0 Å². The van der Waals surface area contributed by atoms with Crippen LogP contribution < -0.4 is 5.73 Å². The van der Waals surface area contributed by atoms with E-state index >= 15 is 0 Å². The van der Waals surface area contributed by atoms with Crippen LogP contribution >= 0.6 is 0 Å². The summed E-state index contributed by atoms with van der Waals surface area (Å²) in [4.78, 5) is 2.78. The van der Waals surface area contributed by atoms with E-state index in [9.17, 15) is 0 Å². The number of hydrogen-bond acceptors (Lipinski definition) is 2. The highest BCUT2D eigenvalue weighted by Crippen LogP contribution is 2.33. The van der Waals surface area contributed by atoms with Gasteiger partial charge in [0, 0.05) is 13.1 Å². The second kappa shape index (κ2) is 8.26. The molecule has 2 aliphatic rings. The van der Waals surface area contributed by atoms with Gasteiger partial charge in [-0.2, -0.15) is 0 Å². The molecule has 2 N–H and O–H groups in total. The summed E-state index contributed by atoms with van der Waals surface area (Å²) in [5.74, 6) is 2.99. The molecule has 0 aromatic rings. The fourth-order valence-electron chi connectivity index (χ4n) is 3.27. The summed E-state index contributed by atoms with van der Waals surface area (Å²) < 4.78 is 0. The Balaban J connectivity index is 1.61. The van der Waals surface area contributed by atoms with Gasteiger partial charge in [0.15, 0.2) is 0 Å². The molecule has 0 aromatic carbocycles. The van der Waals surface area contributed by atoms with E-state index in [0.29, 0.717) is 0 Å². The molecule has 0 aromatic heterocycles. The average Bonchev–Trinajstić information content (AvgIpc) is 3.25. The molecule has 0 radical (unpaired) electrons. The molecular weight excluding hydrogens is 232 g/mol. The van der Waals surface area contributed by atoms with Crippen molar-refractivity contribution >= 4 is 0 Å². The Kier molecular flexibility index (Phi) is 6.66. The molecule has 2 nitrogen and oxygen atoms in total. The lowest BCUT2D eigenvalue weighted by Gasteiger charge is -2.23. The van der Waals surface area contributed by atoms with Crippen molar-refractivity contribution in [1.29, 1.82) is 0 Å². The quantitative estimate of drug-likeness (QED) is 0.584. The molecule has 0 saturated heterocycles. The lowest BCUT2D eigenvalue weighted by molar-refractivity contribution is 0.238. The van der Waals surface area contributed by atoms with Crippen LogP contribution in [0.25, 0.3) is 0 Å². The number of nitrogens with two attached hydrogens (primary N) is 1. The van der Waals surface area contributed by atoms with Gasteiger partial charge in [-0.15, -0.1) is 0 Å². The van der Waals surface area contributed by atoms with Crippen LogP contribution in [0, 0.1) is 17.8 Å². The molecule has 1 unspecified atom stereocenters. The molecule has 19 heavy (non-hydrogen) atoms. The SMILES string of the molecule is CCCC(CCN)CCCN(CC1CC1)CC1CC1. The first-order chi connectivity index (χ1) is 9.31. The summed E-state index contributed by atoms with van der Waals surface area (Å²) >= 11 is 0. The Morgan fingerprint density at radius 1 is 1.00 bits per heavy atom. The minimum absolute atomic E-state index is 0.874. The molecule has 0 spiro atoms. The van der Waals surface area contributed by atoms with Crippen molar-refractivity contribution in [2.45, 2.75) is 64.7 Å². The zero-order chi connectivity index (χ0) is 13.5. The van der Waals surface area contributed by atoms with Crippen molar-refractivity contribution in [2.24, 2.45) is 23.5 Å². The second-order valence-corrected chi connectivity index (χ2v) is 7.02. The first-order valence-corrected chi connectivity index (χ1v) is 8.74. The van der Waals surface area contributed by atoms with Crippen molar-refractivity contribution in [3.05, 3.63) is 0 Å². The van der Waals surface area contributed by atoms with Gasteiger partial charge in [-0.05, 0) is 75.8 Å². The van der Waals surface area contributed by atoms with Gasteiger partial charge in [-0.3, -0.25) is 0 Å². The van der Waals surface area contributed by atoms with Crippen LogP contribution in [0.15, 0.2) is 0 Å². The van der Waals surface area contributed by atoms with Crippen LogP contribution in [0.2, 0.25) is 0 Å².